The van der Waals surface area contributed by atoms with Gasteiger partial charge in [0.15, 0.2) is 0 Å². The molecule has 0 bridgehead atoms. The molecule has 358 valence electrons. The van der Waals surface area contributed by atoms with E-state index in [1.807, 2.05) is 91.2 Å². The Hall–Kier alpha value is -5.60. The van der Waals surface area contributed by atoms with Crippen LogP contribution in [0, 0.1) is 35.0 Å². The maximum absolute atomic E-state index is 13.8. The number of likely N-dealkylation sites (tertiary alicyclic amines) is 1. The Morgan fingerprint density at radius 3 is 2.34 bits per heavy atom. The Labute approximate surface area is 402 Å². The normalized spacial score (nSPS) is 20.2. The molecule has 1 saturated carbocycles. The van der Waals surface area contributed by atoms with Crippen molar-refractivity contribution in [1.29, 1.82) is 5.26 Å². The Bertz CT molecular complexity index is 2400. The van der Waals surface area contributed by atoms with Crippen molar-refractivity contribution in [3.05, 3.63) is 93.8 Å². The van der Waals surface area contributed by atoms with Gasteiger partial charge in [-0.1, -0.05) is 77.4 Å². The highest BCUT2D eigenvalue weighted by Crippen LogP contribution is 2.55. The molecule has 4 aromatic rings. The zero-order chi connectivity index (χ0) is 48.6. The summed E-state index contributed by atoms with van der Waals surface area (Å²) >= 11 is 7.80. The number of rotatable bonds is 20. The first-order chi connectivity index (χ1) is 31.8. The van der Waals surface area contributed by atoms with E-state index in [0.717, 1.165) is 46.6 Å². The molecule has 2 aliphatic rings. The van der Waals surface area contributed by atoms with E-state index in [-0.39, 0.29) is 55.5 Å². The molecule has 1 saturated heterocycles. The fourth-order valence-corrected chi connectivity index (χ4v) is 10.5. The summed E-state index contributed by atoms with van der Waals surface area (Å²) in [7, 11) is 0. The number of ether oxygens (including phenoxy) is 2. The summed E-state index contributed by atoms with van der Waals surface area (Å²) in [6.45, 7) is 16.5. The molecule has 2 aromatic carbocycles. The molecule has 0 spiro atoms. The van der Waals surface area contributed by atoms with Crippen molar-refractivity contribution in [1.82, 2.24) is 30.8 Å². The van der Waals surface area contributed by atoms with Crippen molar-refractivity contribution in [2.24, 2.45) is 16.7 Å². The van der Waals surface area contributed by atoms with Gasteiger partial charge in [-0.15, -0.1) is 11.3 Å². The number of hydrogen-bond acceptors (Lipinski definition) is 12. The average Bonchev–Trinajstić information content (AvgIpc) is 3.92. The van der Waals surface area contributed by atoms with Crippen LogP contribution >= 0.6 is 22.9 Å². The summed E-state index contributed by atoms with van der Waals surface area (Å²) in [5.74, 6) is -1.21. The van der Waals surface area contributed by atoms with E-state index in [9.17, 15) is 29.5 Å². The number of aromatic nitrogens is 2. The SMILES string of the molecule is Cc1ncsc1-c1ccc([C@H](C)NC(=O)[C@@H]2C[C@@H](O)CN2C(=O)[C@@H](NC(=O)COCCCCCNc2ccc(C(=O)NC3C(C)(C)C(Oc4ccc(C#N)c(Cl)c4)C3(C)C)nc2)C(C)C)cc1. The van der Waals surface area contributed by atoms with Crippen LogP contribution in [0.2, 0.25) is 5.02 Å². The van der Waals surface area contributed by atoms with Crippen LogP contribution in [-0.4, -0.2) is 100 Å². The van der Waals surface area contributed by atoms with Crippen LogP contribution in [-0.2, 0) is 19.1 Å². The number of unbranched alkanes of at least 4 members (excludes halogenated alkanes) is 2. The van der Waals surface area contributed by atoms with E-state index in [1.165, 1.54) is 4.90 Å². The Kier molecular flexibility index (Phi) is 16.7. The largest absolute Gasteiger partial charge is 0.489 e. The van der Waals surface area contributed by atoms with Crippen LogP contribution in [0.25, 0.3) is 10.4 Å². The number of halogens is 1. The highest BCUT2D eigenvalue weighted by atomic mass is 35.5. The maximum atomic E-state index is 13.8. The average molecular weight is 956 g/mol. The lowest BCUT2D eigenvalue weighted by molar-refractivity contribution is -0.164. The number of carbonyl (C=O) groups excluding carboxylic acids is 4. The van der Waals surface area contributed by atoms with Crippen LogP contribution in [0.15, 0.2) is 66.3 Å². The van der Waals surface area contributed by atoms with E-state index in [0.29, 0.717) is 35.2 Å². The van der Waals surface area contributed by atoms with E-state index in [1.54, 1.807) is 41.8 Å². The number of benzene rings is 2. The van der Waals surface area contributed by atoms with Crippen molar-refractivity contribution < 1.29 is 33.8 Å². The molecule has 6 rings (SSSR count). The van der Waals surface area contributed by atoms with E-state index in [2.05, 4.69) is 37.3 Å². The number of aryl methyl sites for hydroxylation is 1. The number of aliphatic hydroxyl groups excluding tert-OH is 1. The molecule has 3 heterocycles. The van der Waals surface area contributed by atoms with Crippen molar-refractivity contribution in [3.8, 4) is 22.3 Å². The minimum Gasteiger partial charge on any atom is -0.489 e. The van der Waals surface area contributed by atoms with Crippen LogP contribution in [0.5, 0.6) is 5.75 Å². The second-order valence-electron chi connectivity index (χ2n) is 19.1. The summed E-state index contributed by atoms with van der Waals surface area (Å²) in [4.78, 5) is 64.9. The minimum atomic E-state index is -0.904. The summed E-state index contributed by atoms with van der Waals surface area (Å²) < 4.78 is 12.0. The topological polar surface area (TPSA) is 208 Å². The fourth-order valence-electron chi connectivity index (χ4n) is 9.45. The molecule has 0 radical (unpaired) electrons. The first kappa shape index (κ1) is 50.8. The predicted molar refractivity (Wildman–Crippen MR) is 259 cm³/mol. The number of pyridine rings is 1. The van der Waals surface area contributed by atoms with Gasteiger partial charge in [0.25, 0.3) is 5.91 Å². The zero-order valence-electron chi connectivity index (χ0n) is 39.5. The monoisotopic (exact) mass is 954 g/mol. The summed E-state index contributed by atoms with van der Waals surface area (Å²) in [6, 6.07) is 16.2. The third-order valence-corrected chi connectivity index (χ3v) is 14.1. The lowest BCUT2D eigenvalue weighted by Crippen LogP contribution is -2.74. The van der Waals surface area contributed by atoms with E-state index < -0.39 is 40.8 Å². The van der Waals surface area contributed by atoms with Crippen molar-refractivity contribution in [2.75, 3.05) is 31.6 Å². The van der Waals surface area contributed by atoms with Gasteiger partial charge in [0.2, 0.25) is 17.7 Å². The Morgan fingerprint density at radius 1 is 0.985 bits per heavy atom. The number of β-amino-alcohol motifs (C(OH)–C–C–N with tert-alkyl or cyclic N) is 1. The molecule has 17 heteroatoms. The third kappa shape index (κ3) is 12.1. The van der Waals surface area contributed by atoms with Crippen LogP contribution in [0.3, 0.4) is 0 Å². The molecule has 4 amide bonds. The van der Waals surface area contributed by atoms with E-state index in [4.69, 9.17) is 21.1 Å². The van der Waals surface area contributed by atoms with Gasteiger partial charge in [0.1, 0.15) is 42.3 Å². The summed E-state index contributed by atoms with van der Waals surface area (Å²) in [6.07, 6.45) is 3.04. The zero-order valence-corrected chi connectivity index (χ0v) is 41.1. The number of anilines is 1. The fraction of sp³-hybridized carbons (Fsp3) is 0.500. The molecule has 1 aliphatic heterocycles. The number of nitrogens with zero attached hydrogens (tertiary/aromatic N) is 4. The van der Waals surface area contributed by atoms with Gasteiger partial charge in [-0.05, 0) is 74.4 Å². The highest BCUT2D eigenvalue weighted by molar-refractivity contribution is 7.13. The predicted octanol–water partition coefficient (Wildman–Crippen LogP) is 7.23. The van der Waals surface area contributed by atoms with Crippen molar-refractivity contribution in [2.45, 2.75) is 117 Å². The highest BCUT2D eigenvalue weighted by Gasteiger charge is 2.64. The Balaban J connectivity index is 0.873. The molecule has 4 atom stereocenters. The van der Waals surface area contributed by atoms with Gasteiger partial charge in [0, 0.05) is 49.1 Å². The van der Waals surface area contributed by atoms with E-state index >= 15 is 0 Å². The van der Waals surface area contributed by atoms with Gasteiger partial charge in [0.05, 0.1) is 50.7 Å². The quantitative estimate of drug-likeness (QED) is 0.0559. The second-order valence-corrected chi connectivity index (χ2v) is 20.3. The molecule has 15 nitrogen and oxygen atoms in total. The molecule has 2 aromatic heterocycles. The van der Waals surface area contributed by atoms with Gasteiger partial charge in [-0.2, -0.15) is 5.26 Å². The number of aliphatic hydroxyl groups is 1. The van der Waals surface area contributed by atoms with Crippen LogP contribution < -0.4 is 26.0 Å². The van der Waals surface area contributed by atoms with Crippen molar-refractivity contribution >= 4 is 52.3 Å². The molecule has 67 heavy (non-hydrogen) atoms. The molecule has 2 fully saturated rings. The lowest BCUT2D eigenvalue weighted by atomic mass is 9.49. The second kappa shape index (κ2) is 22.0. The lowest BCUT2D eigenvalue weighted by Gasteiger charge is -2.63. The number of thiazole rings is 1. The summed E-state index contributed by atoms with van der Waals surface area (Å²) in [5.41, 5.74) is 5.38. The van der Waals surface area contributed by atoms with Gasteiger partial charge in [-0.3, -0.25) is 19.2 Å². The number of hydrogen-bond donors (Lipinski definition) is 5. The first-order valence-corrected chi connectivity index (χ1v) is 24.1. The molecular weight excluding hydrogens is 892 g/mol. The van der Waals surface area contributed by atoms with Gasteiger partial charge < -0.3 is 40.7 Å². The minimum absolute atomic E-state index is 0.00639. The summed E-state index contributed by atoms with van der Waals surface area (Å²) in [5, 5.41) is 32.4. The molecule has 1 aliphatic carbocycles. The molecule has 0 unspecified atom stereocenters. The van der Waals surface area contributed by atoms with Crippen LogP contribution in [0.4, 0.5) is 5.69 Å². The van der Waals surface area contributed by atoms with Gasteiger partial charge in [-0.25, -0.2) is 9.97 Å². The maximum Gasteiger partial charge on any atom is 0.270 e. The Morgan fingerprint density at radius 2 is 1.72 bits per heavy atom. The molecule has 5 N–H and O–H groups in total. The molecular formula is C50H63ClN8O7S. The first-order valence-electron chi connectivity index (χ1n) is 22.8. The smallest absolute Gasteiger partial charge is 0.270 e. The number of amides is 4. The number of nitrogens with one attached hydrogen (secondary N) is 4. The number of nitriles is 1. The third-order valence-electron chi connectivity index (χ3n) is 12.8. The number of carbonyl (C=O) groups is 4. The van der Waals surface area contributed by atoms with Crippen LogP contribution in [0.1, 0.15) is 108 Å². The standard InChI is InChI=1S/C50H63ClN8O7S/c1-29(2)42(46(64)59-26-36(60)22-40(59)45(63)56-30(3)32-12-14-33(15-13-32)43-31(4)55-28-67-43)57-41(61)27-65-21-11-9-10-20-53-35-17-19-39(54-25-35)44(62)58-47-49(5,6)48(50(47,7)8)66-37-18-16-34(24-52)38(51)23-37/h12-19,23,25,28-30,36,40,42,47-48,53,60H,9-11,20-22,26-27H2,1-8H3,(H,56,63)(H,57,61)(H,58,62)/t30-,36+,40-,42-,47?,48?/m0/s1. The van der Waals surface area contributed by atoms with Crippen molar-refractivity contribution in [3.63, 3.8) is 0 Å². The van der Waals surface area contributed by atoms with Gasteiger partial charge >= 0.3 is 0 Å².